The van der Waals surface area contributed by atoms with E-state index in [0.717, 1.165) is 0 Å². The van der Waals surface area contributed by atoms with Crippen LogP contribution in [0.4, 0.5) is 5.69 Å². The van der Waals surface area contributed by atoms with E-state index in [2.05, 4.69) is 5.32 Å². The average molecular weight is 360 g/mol. The van der Waals surface area contributed by atoms with Gasteiger partial charge in [0.1, 0.15) is 0 Å². The summed E-state index contributed by atoms with van der Waals surface area (Å²) in [5, 5.41) is 2.75. The van der Waals surface area contributed by atoms with Crippen LogP contribution in [0.2, 0.25) is 0 Å². The highest BCUT2D eigenvalue weighted by atomic mass is 35.5. The van der Waals surface area contributed by atoms with Crippen molar-refractivity contribution in [2.45, 2.75) is 19.9 Å². The molecule has 136 valence electrons. The normalized spacial score (nSPS) is 12.5. The van der Waals surface area contributed by atoms with E-state index in [0.29, 0.717) is 22.7 Å². The Morgan fingerprint density at radius 2 is 1.62 bits per heavy atom. The summed E-state index contributed by atoms with van der Waals surface area (Å²) in [5.74, 6) is -0.0809. The molecule has 0 heterocycles. The van der Waals surface area contributed by atoms with E-state index < -0.39 is 5.92 Å². The highest BCUT2D eigenvalue weighted by molar-refractivity contribution is 6.04. The van der Waals surface area contributed by atoms with Gasteiger partial charge in [0.2, 0.25) is 5.91 Å². The number of nitrogens with zero attached hydrogens (tertiary/aromatic N) is 1. The highest BCUT2D eigenvalue weighted by Crippen LogP contribution is 2.34. The number of nitrogens with two attached hydrogens (primary N) is 1. The molecule has 0 radical (unpaired) electrons. The van der Waals surface area contributed by atoms with Gasteiger partial charge >= 0.3 is 0 Å². The van der Waals surface area contributed by atoms with Gasteiger partial charge in [0, 0.05) is 26.2 Å². The monoisotopic (exact) mass is 359 g/mol. The third-order valence-corrected chi connectivity index (χ3v) is 3.62. The van der Waals surface area contributed by atoms with Crippen LogP contribution in [0.3, 0.4) is 0 Å². The predicted molar refractivity (Wildman–Crippen MR) is 96.3 cm³/mol. The van der Waals surface area contributed by atoms with E-state index in [9.17, 15) is 9.59 Å². The van der Waals surface area contributed by atoms with Gasteiger partial charge in [0.15, 0.2) is 11.5 Å². The second-order valence-electron chi connectivity index (χ2n) is 5.59. The first-order valence-electron chi connectivity index (χ1n) is 7.27. The second-order valence-corrected chi connectivity index (χ2v) is 5.59. The largest absolute Gasteiger partial charge is 0.493 e. The van der Waals surface area contributed by atoms with Gasteiger partial charge in [-0.25, -0.2) is 0 Å². The molecule has 24 heavy (non-hydrogen) atoms. The smallest absolute Gasteiger partial charge is 0.255 e. The minimum absolute atomic E-state index is 0. The molecule has 0 aliphatic carbocycles. The van der Waals surface area contributed by atoms with Crippen molar-refractivity contribution in [2.24, 2.45) is 11.7 Å². The van der Waals surface area contributed by atoms with Gasteiger partial charge in [-0.05, 0) is 13.0 Å². The zero-order chi connectivity index (χ0) is 17.7. The summed E-state index contributed by atoms with van der Waals surface area (Å²) in [6.45, 7) is 3.49. The number of nitrogens with one attached hydrogen (secondary N) is 1. The van der Waals surface area contributed by atoms with E-state index >= 15 is 0 Å². The molecule has 1 rings (SSSR count). The van der Waals surface area contributed by atoms with Crippen molar-refractivity contribution in [3.8, 4) is 11.5 Å². The molecule has 2 unspecified atom stereocenters. The van der Waals surface area contributed by atoms with Crippen molar-refractivity contribution in [3.63, 3.8) is 0 Å². The molecule has 0 spiro atoms. The van der Waals surface area contributed by atoms with Crippen molar-refractivity contribution < 1.29 is 19.1 Å². The third-order valence-electron chi connectivity index (χ3n) is 3.62. The van der Waals surface area contributed by atoms with E-state index in [-0.39, 0.29) is 30.3 Å². The fourth-order valence-electron chi connectivity index (χ4n) is 1.89. The summed E-state index contributed by atoms with van der Waals surface area (Å²) in [4.78, 5) is 26.1. The van der Waals surface area contributed by atoms with Crippen LogP contribution in [0, 0.1) is 5.92 Å². The molecule has 2 atom stereocenters. The quantitative estimate of drug-likeness (QED) is 0.807. The predicted octanol–water partition coefficient (Wildman–Crippen LogP) is 1.75. The van der Waals surface area contributed by atoms with Crippen molar-refractivity contribution >= 4 is 29.9 Å². The fourth-order valence-corrected chi connectivity index (χ4v) is 1.89. The number of halogens is 1. The standard InChI is InChI=1S/C16H25N3O4.ClH/c1-9(10(2)17)15(20)18-12-8-14(23-6)13(22-5)7-11(12)16(21)19(3)4;/h7-10H,17H2,1-6H3,(H,18,20);1H. The minimum Gasteiger partial charge on any atom is -0.493 e. The Morgan fingerprint density at radius 3 is 2.04 bits per heavy atom. The van der Waals surface area contributed by atoms with Crippen molar-refractivity contribution in [1.82, 2.24) is 4.90 Å². The van der Waals surface area contributed by atoms with Gasteiger partial charge in [0.25, 0.3) is 5.91 Å². The van der Waals surface area contributed by atoms with E-state index in [4.69, 9.17) is 15.2 Å². The van der Waals surface area contributed by atoms with Crippen molar-refractivity contribution in [1.29, 1.82) is 0 Å². The maximum atomic E-state index is 12.4. The van der Waals surface area contributed by atoms with Gasteiger partial charge in [-0.2, -0.15) is 0 Å². The topological polar surface area (TPSA) is 93.9 Å². The maximum absolute atomic E-state index is 12.4. The molecule has 0 saturated heterocycles. The van der Waals surface area contributed by atoms with Gasteiger partial charge < -0.3 is 25.4 Å². The lowest BCUT2D eigenvalue weighted by Crippen LogP contribution is -2.35. The molecule has 0 aliphatic heterocycles. The Bertz CT molecular complexity index is 591. The summed E-state index contributed by atoms with van der Waals surface area (Å²) in [7, 11) is 6.24. The number of benzene rings is 1. The molecule has 0 aliphatic rings. The van der Waals surface area contributed by atoms with Gasteiger partial charge in [-0.15, -0.1) is 12.4 Å². The molecule has 0 bridgehead atoms. The number of amides is 2. The van der Waals surface area contributed by atoms with E-state index in [1.165, 1.54) is 19.1 Å². The molecule has 8 heteroatoms. The van der Waals surface area contributed by atoms with Crippen LogP contribution < -0.4 is 20.5 Å². The van der Waals surface area contributed by atoms with Crippen LogP contribution in [0.1, 0.15) is 24.2 Å². The lowest BCUT2D eigenvalue weighted by molar-refractivity contribution is -0.119. The van der Waals surface area contributed by atoms with Gasteiger partial charge in [-0.1, -0.05) is 6.92 Å². The van der Waals surface area contributed by atoms with Crippen LogP contribution in [0.5, 0.6) is 11.5 Å². The lowest BCUT2D eigenvalue weighted by Gasteiger charge is -2.20. The highest BCUT2D eigenvalue weighted by Gasteiger charge is 2.23. The van der Waals surface area contributed by atoms with Crippen LogP contribution in [0.15, 0.2) is 12.1 Å². The Kier molecular flexibility index (Phi) is 8.57. The van der Waals surface area contributed by atoms with Crippen LogP contribution in [-0.2, 0) is 4.79 Å². The van der Waals surface area contributed by atoms with Crippen LogP contribution in [-0.4, -0.2) is 51.1 Å². The van der Waals surface area contributed by atoms with Gasteiger partial charge in [0.05, 0.1) is 31.4 Å². The molecule has 1 aromatic carbocycles. The van der Waals surface area contributed by atoms with Crippen molar-refractivity contribution in [3.05, 3.63) is 17.7 Å². The number of hydrogen-bond donors (Lipinski definition) is 2. The second kappa shape index (κ2) is 9.34. The fraction of sp³-hybridized carbons (Fsp3) is 0.500. The number of hydrogen-bond acceptors (Lipinski definition) is 5. The van der Waals surface area contributed by atoms with E-state index in [1.54, 1.807) is 40.1 Å². The number of rotatable bonds is 6. The van der Waals surface area contributed by atoms with Crippen LogP contribution in [0.25, 0.3) is 0 Å². The molecule has 3 N–H and O–H groups in total. The van der Waals surface area contributed by atoms with Crippen LogP contribution >= 0.6 is 12.4 Å². The number of methoxy groups -OCH3 is 2. The minimum atomic E-state index is -0.398. The molecule has 0 aromatic heterocycles. The summed E-state index contributed by atoms with van der Waals surface area (Å²) in [5.41, 5.74) is 6.44. The summed E-state index contributed by atoms with van der Waals surface area (Å²) < 4.78 is 10.5. The molecule has 0 fully saturated rings. The number of anilines is 1. The molecule has 2 amide bonds. The zero-order valence-corrected chi connectivity index (χ0v) is 15.7. The molecule has 0 saturated carbocycles. The summed E-state index contributed by atoms with van der Waals surface area (Å²) in [6.07, 6.45) is 0. The zero-order valence-electron chi connectivity index (χ0n) is 14.9. The average Bonchev–Trinajstić information content (AvgIpc) is 2.52. The van der Waals surface area contributed by atoms with Crippen molar-refractivity contribution in [2.75, 3.05) is 33.6 Å². The Hall–Kier alpha value is -1.99. The molecule has 7 nitrogen and oxygen atoms in total. The SMILES string of the molecule is COc1cc(NC(=O)C(C)C(C)N)c(C(=O)N(C)C)cc1OC.Cl. The molecular formula is C16H26ClN3O4. The Labute approximate surface area is 148 Å². The number of carbonyl (C=O) groups excluding carboxylic acids is 2. The molecule has 1 aromatic rings. The molecular weight excluding hydrogens is 334 g/mol. The number of ether oxygens (including phenoxy) is 2. The van der Waals surface area contributed by atoms with E-state index in [1.807, 2.05) is 0 Å². The Balaban J connectivity index is 0.00000529. The van der Waals surface area contributed by atoms with Gasteiger partial charge in [-0.3, -0.25) is 9.59 Å². The Morgan fingerprint density at radius 1 is 1.12 bits per heavy atom. The summed E-state index contributed by atoms with van der Waals surface area (Å²) in [6, 6.07) is 2.82. The first-order chi connectivity index (χ1) is 10.7. The summed E-state index contributed by atoms with van der Waals surface area (Å²) >= 11 is 0. The third kappa shape index (κ3) is 5.01. The number of carbonyl (C=O) groups is 2. The first-order valence-corrected chi connectivity index (χ1v) is 7.27. The maximum Gasteiger partial charge on any atom is 0.255 e. The first kappa shape index (κ1) is 22.0. The lowest BCUT2D eigenvalue weighted by atomic mass is 10.0.